The molecule has 0 bridgehead atoms. The molecule has 2 heteroatoms. The van der Waals surface area contributed by atoms with Gasteiger partial charge in [-0.3, -0.25) is 0 Å². The van der Waals surface area contributed by atoms with E-state index in [-0.39, 0.29) is 5.41 Å². The van der Waals surface area contributed by atoms with Gasteiger partial charge in [-0.2, -0.15) is 0 Å². The first kappa shape index (κ1) is 32.3. The summed E-state index contributed by atoms with van der Waals surface area (Å²) >= 11 is 0. The zero-order valence-corrected chi connectivity index (χ0v) is 30.9. The van der Waals surface area contributed by atoms with Gasteiger partial charge in [-0.15, -0.1) is 0 Å². The van der Waals surface area contributed by atoms with Crippen LogP contribution < -0.4 is 4.90 Å². The van der Waals surface area contributed by atoms with Gasteiger partial charge in [0.1, 0.15) is 0 Å². The van der Waals surface area contributed by atoms with Crippen LogP contribution in [0, 0.1) is 5.92 Å². The van der Waals surface area contributed by atoms with Gasteiger partial charge in [0, 0.05) is 44.9 Å². The number of para-hydroxylation sites is 2. The van der Waals surface area contributed by atoms with E-state index in [1.165, 1.54) is 72.1 Å². The van der Waals surface area contributed by atoms with Crippen molar-refractivity contribution >= 4 is 44.6 Å². The van der Waals surface area contributed by atoms with Crippen molar-refractivity contribution in [2.75, 3.05) is 4.90 Å². The van der Waals surface area contributed by atoms with E-state index in [4.69, 9.17) is 0 Å². The second kappa shape index (κ2) is 12.6. The average molecular weight is 695 g/mol. The summed E-state index contributed by atoms with van der Waals surface area (Å²) < 4.78 is 2.44. The third-order valence-electron chi connectivity index (χ3n) is 11.9. The number of fused-ring (bicyclic) bond motifs is 6. The van der Waals surface area contributed by atoms with E-state index in [9.17, 15) is 0 Å². The molecule has 260 valence electrons. The Hall–Kier alpha value is -6.38. The van der Waals surface area contributed by atoms with Crippen LogP contribution in [0.1, 0.15) is 43.4 Å². The zero-order chi connectivity index (χ0) is 36.4. The molecule has 8 aromatic rings. The largest absolute Gasteiger partial charge is 0.310 e. The quantitative estimate of drug-likeness (QED) is 0.168. The molecule has 10 rings (SSSR count). The van der Waals surface area contributed by atoms with E-state index in [0.29, 0.717) is 11.8 Å². The number of nitrogens with zero attached hydrogens (tertiary/aromatic N) is 2. The lowest BCUT2D eigenvalue weighted by Gasteiger charge is -2.28. The summed E-state index contributed by atoms with van der Waals surface area (Å²) in [5, 5.41) is 2.54. The lowest BCUT2D eigenvalue weighted by molar-refractivity contribution is 0.635. The smallest absolute Gasteiger partial charge is 0.0541 e. The lowest BCUT2D eigenvalue weighted by atomic mass is 9.82. The molecule has 1 heterocycles. The highest BCUT2D eigenvalue weighted by atomic mass is 15.1. The fourth-order valence-corrected chi connectivity index (χ4v) is 9.13. The summed E-state index contributed by atoms with van der Waals surface area (Å²) in [5.41, 5.74) is 16.3. The van der Waals surface area contributed by atoms with Crippen LogP contribution in [0.4, 0.5) is 17.1 Å². The Bertz CT molecular complexity index is 2750. The van der Waals surface area contributed by atoms with Crippen LogP contribution in [0.2, 0.25) is 0 Å². The molecule has 2 aliphatic carbocycles. The SMILES string of the molecule is CC1C=C(n2c3ccccc3c3cc(-c4ccc(N(c5ccccc5)c5ccc6c(c5)C(C)(C)c5ccccc5-6)cc4)ccc32)C=CC1c1ccccc1. The van der Waals surface area contributed by atoms with E-state index in [1.807, 2.05) is 0 Å². The summed E-state index contributed by atoms with van der Waals surface area (Å²) in [7, 11) is 0. The number of anilines is 3. The fraction of sp³-hybridized carbons (Fsp3) is 0.115. The van der Waals surface area contributed by atoms with Crippen LogP contribution in [0.3, 0.4) is 0 Å². The van der Waals surface area contributed by atoms with Gasteiger partial charge in [0.2, 0.25) is 0 Å². The summed E-state index contributed by atoms with van der Waals surface area (Å²) in [6, 6.07) is 62.3. The van der Waals surface area contributed by atoms with E-state index in [0.717, 1.165) is 11.4 Å². The highest BCUT2D eigenvalue weighted by Gasteiger charge is 2.35. The second-order valence-corrected chi connectivity index (χ2v) is 15.4. The van der Waals surface area contributed by atoms with Gasteiger partial charge in [0.25, 0.3) is 0 Å². The molecular weight excluding hydrogens is 653 g/mol. The van der Waals surface area contributed by atoms with Crippen molar-refractivity contribution in [3.05, 3.63) is 205 Å². The molecule has 7 aromatic carbocycles. The minimum absolute atomic E-state index is 0.0669. The van der Waals surface area contributed by atoms with Gasteiger partial charge < -0.3 is 9.47 Å². The molecule has 0 amide bonds. The third-order valence-corrected chi connectivity index (χ3v) is 11.9. The average Bonchev–Trinajstić information content (AvgIpc) is 3.67. The van der Waals surface area contributed by atoms with Crippen molar-refractivity contribution in [3.8, 4) is 22.3 Å². The first-order valence-electron chi connectivity index (χ1n) is 19.1. The molecule has 2 nitrogen and oxygen atoms in total. The van der Waals surface area contributed by atoms with Crippen molar-refractivity contribution in [2.24, 2.45) is 5.92 Å². The zero-order valence-electron chi connectivity index (χ0n) is 30.9. The standard InChI is InChI=1S/C52H42N2/c1-35-32-41(27-29-43(35)37-14-6-4-7-15-37)54-50-21-13-11-19-46(50)47-33-38(24-31-51(47)54)36-22-25-40(26-23-36)53(39-16-8-5-9-17-39)42-28-30-45-44-18-10-12-20-48(44)52(2,3)49(45)34-42/h4-35,43H,1-3H3. The minimum Gasteiger partial charge on any atom is -0.310 e. The summed E-state index contributed by atoms with van der Waals surface area (Å²) in [4.78, 5) is 2.38. The lowest BCUT2D eigenvalue weighted by Crippen LogP contribution is -2.16. The first-order chi connectivity index (χ1) is 26.5. The predicted octanol–water partition coefficient (Wildman–Crippen LogP) is 14.1. The van der Waals surface area contributed by atoms with Crippen molar-refractivity contribution < 1.29 is 0 Å². The summed E-state index contributed by atoms with van der Waals surface area (Å²) in [6.07, 6.45) is 7.14. The number of rotatable bonds is 6. The molecule has 2 atom stereocenters. The topological polar surface area (TPSA) is 8.17 Å². The monoisotopic (exact) mass is 694 g/mol. The molecule has 2 aliphatic rings. The normalized spacial score (nSPS) is 17.0. The van der Waals surface area contributed by atoms with E-state index in [2.05, 4.69) is 218 Å². The van der Waals surface area contributed by atoms with Gasteiger partial charge >= 0.3 is 0 Å². The molecule has 0 saturated carbocycles. The Balaban J connectivity index is 1.02. The molecule has 1 aromatic heterocycles. The first-order valence-corrected chi connectivity index (χ1v) is 19.1. The van der Waals surface area contributed by atoms with Crippen LogP contribution >= 0.6 is 0 Å². The second-order valence-electron chi connectivity index (χ2n) is 15.4. The Morgan fingerprint density at radius 1 is 0.519 bits per heavy atom. The minimum atomic E-state index is -0.0669. The Morgan fingerprint density at radius 3 is 1.94 bits per heavy atom. The van der Waals surface area contributed by atoms with Crippen LogP contribution in [0.15, 0.2) is 188 Å². The summed E-state index contributed by atoms with van der Waals surface area (Å²) in [6.45, 7) is 7.03. The third kappa shape index (κ3) is 5.16. The maximum Gasteiger partial charge on any atom is 0.0541 e. The molecule has 0 aliphatic heterocycles. The van der Waals surface area contributed by atoms with Gasteiger partial charge in [0.15, 0.2) is 0 Å². The molecule has 2 unspecified atom stereocenters. The van der Waals surface area contributed by atoms with Crippen molar-refractivity contribution in [2.45, 2.75) is 32.1 Å². The maximum absolute atomic E-state index is 2.44. The molecule has 0 N–H and O–H groups in total. The Morgan fingerprint density at radius 2 is 1.15 bits per heavy atom. The van der Waals surface area contributed by atoms with Crippen LogP contribution in [0.25, 0.3) is 49.8 Å². The Labute approximate surface area is 318 Å². The maximum atomic E-state index is 2.44. The van der Waals surface area contributed by atoms with Crippen molar-refractivity contribution in [1.29, 1.82) is 0 Å². The van der Waals surface area contributed by atoms with Crippen molar-refractivity contribution in [3.63, 3.8) is 0 Å². The number of allylic oxidation sites excluding steroid dienone is 4. The van der Waals surface area contributed by atoms with E-state index in [1.54, 1.807) is 0 Å². The van der Waals surface area contributed by atoms with Crippen LogP contribution in [-0.4, -0.2) is 4.57 Å². The van der Waals surface area contributed by atoms with E-state index < -0.39 is 0 Å². The van der Waals surface area contributed by atoms with Gasteiger partial charge in [-0.25, -0.2) is 0 Å². The fourth-order valence-electron chi connectivity index (χ4n) is 9.13. The number of aromatic nitrogens is 1. The number of benzene rings is 7. The Kier molecular flexibility index (Phi) is 7.56. The van der Waals surface area contributed by atoms with Crippen LogP contribution in [0.5, 0.6) is 0 Å². The highest BCUT2D eigenvalue weighted by molar-refractivity contribution is 6.11. The molecular formula is C52H42N2. The molecule has 54 heavy (non-hydrogen) atoms. The molecule has 0 fully saturated rings. The number of hydrogen-bond donors (Lipinski definition) is 0. The highest BCUT2D eigenvalue weighted by Crippen LogP contribution is 2.50. The number of hydrogen-bond acceptors (Lipinski definition) is 1. The summed E-state index contributed by atoms with van der Waals surface area (Å²) in [5.74, 6) is 0.763. The van der Waals surface area contributed by atoms with E-state index >= 15 is 0 Å². The van der Waals surface area contributed by atoms with Gasteiger partial charge in [0.05, 0.1) is 11.0 Å². The van der Waals surface area contributed by atoms with Crippen LogP contribution in [-0.2, 0) is 5.41 Å². The van der Waals surface area contributed by atoms with Crippen molar-refractivity contribution in [1.82, 2.24) is 4.57 Å². The van der Waals surface area contributed by atoms with Gasteiger partial charge in [-0.05, 0) is 106 Å². The molecule has 0 radical (unpaired) electrons. The molecule has 0 spiro atoms. The van der Waals surface area contributed by atoms with Gasteiger partial charge in [-0.1, -0.05) is 148 Å². The molecule has 0 saturated heterocycles. The predicted molar refractivity (Wildman–Crippen MR) is 229 cm³/mol.